The first kappa shape index (κ1) is 17.9. The molecule has 0 bridgehead atoms. The molecule has 140 valence electrons. The van der Waals surface area contributed by atoms with Gasteiger partial charge in [-0.25, -0.2) is 8.91 Å². The third-order valence-electron chi connectivity index (χ3n) is 4.12. The van der Waals surface area contributed by atoms with Gasteiger partial charge in [0.2, 0.25) is 5.88 Å². The summed E-state index contributed by atoms with van der Waals surface area (Å²) in [6.45, 7) is 1.89. The van der Waals surface area contributed by atoms with Gasteiger partial charge < -0.3 is 10.1 Å². The van der Waals surface area contributed by atoms with E-state index in [9.17, 15) is 9.18 Å². The molecule has 6 nitrogen and oxygen atoms in total. The predicted molar refractivity (Wildman–Crippen MR) is 104 cm³/mol. The van der Waals surface area contributed by atoms with Gasteiger partial charge in [0.15, 0.2) is 11.6 Å². The zero-order valence-corrected chi connectivity index (χ0v) is 15.4. The SMILES string of the molecule is Cc1ccn2ncnc(Oc3ccc(NC(=O)c4ccc(Cl)cc4)cc3F)c12. The molecule has 0 saturated carbocycles. The molecule has 1 N–H and O–H groups in total. The van der Waals surface area contributed by atoms with Crippen molar-refractivity contribution in [2.45, 2.75) is 6.92 Å². The number of hydrogen-bond donors (Lipinski definition) is 1. The molecule has 2 aromatic carbocycles. The van der Waals surface area contributed by atoms with Crippen molar-refractivity contribution < 1.29 is 13.9 Å². The Hall–Kier alpha value is -3.45. The molecule has 4 aromatic rings. The molecule has 0 atom stereocenters. The van der Waals surface area contributed by atoms with Crippen LogP contribution in [0.5, 0.6) is 11.6 Å². The van der Waals surface area contributed by atoms with Gasteiger partial charge in [0.1, 0.15) is 11.8 Å². The molecule has 2 heterocycles. The first-order valence-electron chi connectivity index (χ1n) is 8.34. The summed E-state index contributed by atoms with van der Waals surface area (Å²) in [5.41, 5.74) is 2.28. The average molecular weight is 397 g/mol. The minimum Gasteiger partial charge on any atom is -0.434 e. The van der Waals surface area contributed by atoms with E-state index in [-0.39, 0.29) is 17.5 Å². The molecule has 0 aliphatic rings. The van der Waals surface area contributed by atoms with Crippen molar-refractivity contribution in [3.8, 4) is 11.6 Å². The van der Waals surface area contributed by atoms with Crippen molar-refractivity contribution >= 4 is 28.7 Å². The van der Waals surface area contributed by atoms with Gasteiger partial charge in [0, 0.05) is 28.5 Å². The molecular weight excluding hydrogens is 383 g/mol. The smallest absolute Gasteiger partial charge is 0.255 e. The molecule has 0 saturated heterocycles. The summed E-state index contributed by atoms with van der Waals surface area (Å²) < 4.78 is 21.8. The van der Waals surface area contributed by atoms with E-state index in [4.69, 9.17) is 16.3 Å². The average Bonchev–Trinajstić information content (AvgIpc) is 3.06. The van der Waals surface area contributed by atoms with Gasteiger partial charge in [-0.2, -0.15) is 10.1 Å². The Morgan fingerprint density at radius 1 is 1.18 bits per heavy atom. The minimum atomic E-state index is -0.630. The van der Waals surface area contributed by atoms with E-state index >= 15 is 0 Å². The zero-order chi connectivity index (χ0) is 19.7. The topological polar surface area (TPSA) is 68.5 Å². The number of halogens is 2. The fourth-order valence-electron chi connectivity index (χ4n) is 2.72. The van der Waals surface area contributed by atoms with Crippen LogP contribution in [0.1, 0.15) is 15.9 Å². The van der Waals surface area contributed by atoms with Crippen LogP contribution in [-0.2, 0) is 0 Å². The van der Waals surface area contributed by atoms with Crippen LogP contribution in [0.4, 0.5) is 10.1 Å². The van der Waals surface area contributed by atoms with Gasteiger partial charge in [0.05, 0.1) is 0 Å². The highest BCUT2D eigenvalue weighted by molar-refractivity contribution is 6.30. The number of fused-ring (bicyclic) bond motifs is 1. The van der Waals surface area contributed by atoms with Crippen LogP contribution >= 0.6 is 11.6 Å². The summed E-state index contributed by atoms with van der Waals surface area (Å²) in [4.78, 5) is 16.3. The van der Waals surface area contributed by atoms with Gasteiger partial charge >= 0.3 is 0 Å². The quantitative estimate of drug-likeness (QED) is 0.534. The Balaban J connectivity index is 1.55. The second-order valence-electron chi connectivity index (χ2n) is 6.07. The van der Waals surface area contributed by atoms with Crippen molar-refractivity contribution in [1.82, 2.24) is 14.6 Å². The van der Waals surface area contributed by atoms with E-state index in [2.05, 4.69) is 15.4 Å². The summed E-state index contributed by atoms with van der Waals surface area (Å²) in [5, 5.41) is 7.25. The number of aromatic nitrogens is 3. The van der Waals surface area contributed by atoms with E-state index in [1.165, 1.54) is 18.5 Å². The highest BCUT2D eigenvalue weighted by Gasteiger charge is 2.13. The molecule has 0 aliphatic heterocycles. The zero-order valence-electron chi connectivity index (χ0n) is 14.7. The van der Waals surface area contributed by atoms with E-state index in [1.807, 2.05) is 13.0 Å². The third kappa shape index (κ3) is 3.52. The number of hydrogen-bond acceptors (Lipinski definition) is 4. The Morgan fingerprint density at radius 3 is 2.71 bits per heavy atom. The Bertz CT molecular complexity index is 1170. The number of ether oxygens (including phenoxy) is 1. The Morgan fingerprint density at radius 2 is 1.96 bits per heavy atom. The van der Waals surface area contributed by atoms with Crippen LogP contribution in [0.2, 0.25) is 5.02 Å². The van der Waals surface area contributed by atoms with E-state index in [0.717, 1.165) is 5.56 Å². The highest BCUT2D eigenvalue weighted by Crippen LogP contribution is 2.29. The monoisotopic (exact) mass is 396 g/mol. The van der Waals surface area contributed by atoms with Gasteiger partial charge in [-0.1, -0.05) is 11.6 Å². The van der Waals surface area contributed by atoms with Crippen molar-refractivity contribution in [1.29, 1.82) is 0 Å². The van der Waals surface area contributed by atoms with Crippen LogP contribution in [-0.4, -0.2) is 20.5 Å². The number of anilines is 1. The first-order chi connectivity index (χ1) is 13.5. The largest absolute Gasteiger partial charge is 0.434 e. The van der Waals surface area contributed by atoms with Gasteiger partial charge in [-0.15, -0.1) is 0 Å². The highest BCUT2D eigenvalue weighted by atomic mass is 35.5. The van der Waals surface area contributed by atoms with E-state index in [1.54, 1.807) is 41.0 Å². The standard InChI is InChI=1S/C20H14ClFN4O2/c1-12-8-9-26-18(12)20(23-11-24-26)28-17-7-6-15(10-16(17)22)25-19(27)13-2-4-14(21)5-3-13/h2-11H,1H3,(H,25,27). The summed E-state index contributed by atoms with van der Waals surface area (Å²) in [6.07, 6.45) is 3.10. The summed E-state index contributed by atoms with van der Waals surface area (Å²) in [7, 11) is 0. The molecule has 0 spiro atoms. The van der Waals surface area contributed by atoms with Gasteiger partial charge in [0.25, 0.3) is 5.91 Å². The van der Waals surface area contributed by atoms with Crippen LogP contribution < -0.4 is 10.1 Å². The molecule has 28 heavy (non-hydrogen) atoms. The maximum atomic E-state index is 14.5. The number of aryl methyl sites for hydroxylation is 1. The lowest BCUT2D eigenvalue weighted by atomic mass is 10.2. The first-order valence-corrected chi connectivity index (χ1v) is 8.72. The molecule has 1 amide bonds. The Labute approximate surface area is 164 Å². The van der Waals surface area contributed by atoms with Crippen LogP contribution in [0.15, 0.2) is 61.1 Å². The number of carbonyl (C=O) groups excluding carboxylic acids is 1. The molecule has 0 aliphatic carbocycles. The second-order valence-corrected chi connectivity index (χ2v) is 6.50. The number of nitrogens with one attached hydrogen (secondary N) is 1. The van der Waals surface area contributed by atoms with Crippen molar-refractivity contribution in [2.24, 2.45) is 0 Å². The third-order valence-corrected chi connectivity index (χ3v) is 4.38. The molecule has 0 unspecified atom stereocenters. The van der Waals surface area contributed by atoms with Crippen LogP contribution in [0, 0.1) is 12.7 Å². The number of nitrogens with zero attached hydrogens (tertiary/aromatic N) is 3. The molecule has 2 aromatic heterocycles. The van der Waals surface area contributed by atoms with Gasteiger partial charge in [-0.05, 0) is 55.0 Å². The fourth-order valence-corrected chi connectivity index (χ4v) is 2.85. The maximum Gasteiger partial charge on any atom is 0.255 e. The van der Waals surface area contributed by atoms with Crippen molar-refractivity contribution in [3.05, 3.63) is 83.0 Å². The second kappa shape index (κ2) is 7.28. The number of amides is 1. The normalized spacial score (nSPS) is 10.8. The van der Waals surface area contributed by atoms with Crippen LogP contribution in [0.25, 0.3) is 5.52 Å². The predicted octanol–water partition coefficient (Wildman–Crippen LogP) is 4.87. The summed E-state index contributed by atoms with van der Waals surface area (Å²) >= 11 is 5.81. The number of rotatable bonds is 4. The number of carbonyl (C=O) groups is 1. The molecule has 0 radical (unpaired) electrons. The molecule has 4 rings (SSSR count). The summed E-state index contributed by atoms with van der Waals surface area (Å²) in [6, 6.07) is 12.4. The van der Waals surface area contributed by atoms with E-state index < -0.39 is 5.82 Å². The van der Waals surface area contributed by atoms with Crippen LogP contribution in [0.3, 0.4) is 0 Å². The molecule has 0 fully saturated rings. The van der Waals surface area contributed by atoms with Crippen molar-refractivity contribution in [2.75, 3.05) is 5.32 Å². The Kier molecular flexibility index (Phi) is 4.67. The summed E-state index contributed by atoms with van der Waals surface area (Å²) in [5.74, 6) is -0.763. The minimum absolute atomic E-state index is 0.00862. The number of benzene rings is 2. The molecule has 8 heteroatoms. The lowest BCUT2D eigenvalue weighted by Crippen LogP contribution is -2.11. The fraction of sp³-hybridized carbons (Fsp3) is 0.0500. The van der Waals surface area contributed by atoms with Gasteiger partial charge in [-0.3, -0.25) is 4.79 Å². The maximum absolute atomic E-state index is 14.5. The lowest BCUT2D eigenvalue weighted by Gasteiger charge is -2.10. The van der Waals surface area contributed by atoms with E-state index in [0.29, 0.717) is 21.8 Å². The van der Waals surface area contributed by atoms with Crippen molar-refractivity contribution in [3.63, 3.8) is 0 Å². The molecular formula is C20H14ClFN4O2. The lowest BCUT2D eigenvalue weighted by molar-refractivity contribution is 0.102.